The second kappa shape index (κ2) is 10.1. The number of para-hydroxylation sites is 1. The van der Waals surface area contributed by atoms with E-state index in [1.54, 1.807) is 43.4 Å². The van der Waals surface area contributed by atoms with Crippen LogP contribution < -0.4 is 21.1 Å². The standard InChI is InChI=1S/C19H24N6O3/c1-12(2)10-18(27)28-15-7-5-4-6-13(15)24-25-14-8-9-16(23-19(14)20)22-17(26)11-21-3/h4-9,12,21H,10-11H2,1-3H3,(H3,20,22,23,26)/b25-24+. The molecule has 0 aliphatic heterocycles. The minimum Gasteiger partial charge on any atom is -0.424 e. The van der Waals surface area contributed by atoms with E-state index >= 15 is 0 Å². The molecule has 0 saturated heterocycles. The molecule has 0 saturated carbocycles. The van der Waals surface area contributed by atoms with Crippen LogP contribution in [0.15, 0.2) is 46.6 Å². The van der Waals surface area contributed by atoms with Crippen LogP contribution in [0.2, 0.25) is 0 Å². The van der Waals surface area contributed by atoms with Crippen molar-refractivity contribution in [2.24, 2.45) is 16.1 Å². The third-order valence-corrected chi connectivity index (χ3v) is 3.44. The average molecular weight is 384 g/mol. The van der Waals surface area contributed by atoms with E-state index in [9.17, 15) is 9.59 Å². The maximum atomic E-state index is 11.9. The number of carbonyl (C=O) groups is 2. The number of hydrogen-bond acceptors (Lipinski definition) is 8. The summed E-state index contributed by atoms with van der Waals surface area (Å²) in [5, 5.41) is 13.6. The number of ether oxygens (including phenoxy) is 1. The minimum absolute atomic E-state index is 0.111. The Morgan fingerprint density at radius 1 is 1.14 bits per heavy atom. The zero-order valence-corrected chi connectivity index (χ0v) is 16.1. The van der Waals surface area contributed by atoms with Gasteiger partial charge in [0.2, 0.25) is 5.91 Å². The van der Waals surface area contributed by atoms with Crippen molar-refractivity contribution in [1.82, 2.24) is 10.3 Å². The van der Waals surface area contributed by atoms with Gasteiger partial charge >= 0.3 is 5.97 Å². The first-order valence-electron chi connectivity index (χ1n) is 8.81. The van der Waals surface area contributed by atoms with E-state index in [4.69, 9.17) is 10.5 Å². The van der Waals surface area contributed by atoms with Gasteiger partial charge < -0.3 is 21.1 Å². The van der Waals surface area contributed by atoms with Gasteiger partial charge in [0.1, 0.15) is 17.2 Å². The van der Waals surface area contributed by atoms with Gasteiger partial charge in [-0.1, -0.05) is 26.0 Å². The second-order valence-corrected chi connectivity index (χ2v) is 6.42. The van der Waals surface area contributed by atoms with Gasteiger partial charge in [-0.15, -0.1) is 10.2 Å². The number of nitrogens with one attached hydrogen (secondary N) is 2. The Morgan fingerprint density at radius 3 is 2.54 bits per heavy atom. The van der Waals surface area contributed by atoms with Crippen LogP contribution >= 0.6 is 0 Å². The normalized spacial score (nSPS) is 11.0. The average Bonchev–Trinajstić information content (AvgIpc) is 2.61. The lowest BCUT2D eigenvalue weighted by atomic mass is 10.1. The van der Waals surface area contributed by atoms with Crippen LogP contribution in [0.3, 0.4) is 0 Å². The minimum atomic E-state index is -0.333. The van der Waals surface area contributed by atoms with Crippen LogP contribution in [0, 0.1) is 5.92 Å². The van der Waals surface area contributed by atoms with Crippen molar-refractivity contribution in [3.63, 3.8) is 0 Å². The third kappa shape index (κ3) is 6.44. The highest BCUT2D eigenvalue weighted by molar-refractivity contribution is 5.91. The Kier molecular flexibility index (Phi) is 7.58. The lowest BCUT2D eigenvalue weighted by Gasteiger charge is -2.08. The smallest absolute Gasteiger partial charge is 0.311 e. The molecule has 0 atom stereocenters. The molecule has 28 heavy (non-hydrogen) atoms. The van der Waals surface area contributed by atoms with Gasteiger partial charge in [0, 0.05) is 6.42 Å². The number of nitrogens with zero attached hydrogens (tertiary/aromatic N) is 3. The van der Waals surface area contributed by atoms with Gasteiger partial charge in [0.25, 0.3) is 0 Å². The highest BCUT2D eigenvalue weighted by atomic mass is 16.5. The molecule has 0 bridgehead atoms. The Bertz CT molecular complexity index is 866. The lowest BCUT2D eigenvalue weighted by molar-refractivity contribution is -0.135. The van der Waals surface area contributed by atoms with Gasteiger partial charge in [-0.05, 0) is 37.2 Å². The van der Waals surface area contributed by atoms with Crippen LogP contribution in [0.25, 0.3) is 0 Å². The van der Waals surface area contributed by atoms with E-state index in [1.165, 1.54) is 0 Å². The molecular formula is C19H24N6O3. The van der Waals surface area contributed by atoms with Crippen molar-refractivity contribution in [1.29, 1.82) is 0 Å². The molecule has 2 rings (SSSR count). The number of amides is 1. The molecular weight excluding hydrogens is 360 g/mol. The van der Waals surface area contributed by atoms with E-state index in [1.807, 2.05) is 13.8 Å². The summed E-state index contributed by atoms with van der Waals surface area (Å²) in [6.07, 6.45) is 0.309. The first-order valence-corrected chi connectivity index (χ1v) is 8.81. The van der Waals surface area contributed by atoms with Gasteiger partial charge in [-0.2, -0.15) is 0 Å². The molecule has 2 aromatic rings. The number of benzene rings is 1. The predicted molar refractivity (Wildman–Crippen MR) is 107 cm³/mol. The first-order chi connectivity index (χ1) is 13.4. The summed E-state index contributed by atoms with van der Waals surface area (Å²) in [7, 11) is 1.67. The van der Waals surface area contributed by atoms with Gasteiger partial charge in [-0.3, -0.25) is 9.59 Å². The van der Waals surface area contributed by atoms with Crippen molar-refractivity contribution in [3.8, 4) is 5.75 Å². The lowest BCUT2D eigenvalue weighted by Crippen LogP contribution is -2.25. The van der Waals surface area contributed by atoms with Crippen molar-refractivity contribution in [2.75, 3.05) is 24.6 Å². The number of rotatable bonds is 8. The molecule has 1 heterocycles. The molecule has 0 radical (unpaired) electrons. The number of esters is 1. The molecule has 0 aliphatic carbocycles. The largest absolute Gasteiger partial charge is 0.424 e. The summed E-state index contributed by atoms with van der Waals surface area (Å²) in [6, 6.07) is 10.00. The van der Waals surface area contributed by atoms with Crippen molar-refractivity contribution < 1.29 is 14.3 Å². The zero-order chi connectivity index (χ0) is 20.5. The highest BCUT2D eigenvalue weighted by Crippen LogP contribution is 2.31. The summed E-state index contributed by atoms with van der Waals surface area (Å²) >= 11 is 0. The fraction of sp³-hybridized carbons (Fsp3) is 0.316. The summed E-state index contributed by atoms with van der Waals surface area (Å²) in [5.41, 5.74) is 6.61. The van der Waals surface area contributed by atoms with Crippen LogP contribution in [0.5, 0.6) is 5.75 Å². The number of likely N-dealkylation sites (N-methyl/N-ethyl adjacent to an activating group) is 1. The summed E-state index contributed by atoms with van der Waals surface area (Å²) in [6.45, 7) is 4.04. The molecule has 0 aliphatic rings. The molecule has 0 unspecified atom stereocenters. The number of aromatic nitrogens is 1. The van der Waals surface area contributed by atoms with Gasteiger partial charge in [0.05, 0.1) is 6.54 Å². The number of pyridine rings is 1. The number of nitrogens with two attached hydrogens (primary N) is 1. The topological polar surface area (TPSA) is 131 Å². The molecule has 9 nitrogen and oxygen atoms in total. The van der Waals surface area contributed by atoms with Crippen LogP contribution in [-0.2, 0) is 9.59 Å². The van der Waals surface area contributed by atoms with E-state index in [0.717, 1.165) is 0 Å². The summed E-state index contributed by atoms with van der Waals surface area (Å²) in [5.74, 6) is 0.375. The van der Waals surface area contributed by atoms with Crippen molar-refractivity contribution in [2.45, 2.75) is 20.3 Å². The van der Waals surface area contributed by atoms with Crippen molar-refractivity contribution >= 4 is 34.9 Å². The molecule has 1 aromatic carbocycles. The Labute approximate surface area is 163 Å². The third-order valence-electron chi connectivity index (χ3n) is 3.44. The number of hydrogen-bond donors (Lipinski definition) is 3. The summed E-state index contributed by atoms with van der Waals surface area (Å²) < 4.78 is 5.37. The highest BCUT2D eigenvalue weighted by Gasteiger charge is 2.11. The van der Waals surface area contributed by atoms with Crippen molar-refractivity contribution in [3.05, 3.63) is 36.4 Å². The number of carbonyl (C=O) groups excluding carboxylic acids is 2. The first kappa shape index (κ1) is 21.0. The Hall–Kier alpha value is -3.33. The molecule has 0 spiro atoms. The predicted octanol–water partition coefficient (Wildman–Crippen LogP) is 3.19. The van der Waals surface area contributed by atoms with Gasteiger partial charge in [-0.25, -0.2) is 4.98 Å². The summed E-state index contributed by atoms with van der Waals surface area (Å²) in [4.78, 5) is 27.6. The Balaban J connectivity index is 2.13. The van der Waals surface area contributed by atoms with E-state index in [2.05, 4.69) is 25.8 Å². The van der Waals surface area contributed by atoms with Crippen LogP contribution in [0.4, 0.5) is 23.0 Å². The fourth-order valence-corrected chi connectivity index (χ4v) is 2.20. The molecule has 4 N–H and O–H groups in total. The fourth-order valence-electron chi connectivity index (χ4n) is 2.20. The number of azo groups is 1. The number of nitrogen functional groups attached to an aromatic ring is 1. The van der Waals surface area contributed by atoms with E-state index < -0.39 is 0 Å². The second-order valence-electron chi connectivity index (χ2n) is 6.42. The van der Waals surface area contributed by atoms with E-state index in [0.29, 0.717) is 29.4 Å². The van der Waals surface area contributed by atoms with Crippen LogP contribution in [-0.4, -0.2) is 30.5 Å². The molecule has 9 heteroatoms. The zero-order valence-electron chi connectivity index (χ0n) is 16.1. The maximum Gasteiger partial charge on any atom is 0.311 e. The molecule has 1 amide bonds. The molecule has 1 aromatic heterocycles. The Morgan fingerprint density at radius 2 is 1.86 bits per heavy atom. The maximum absolute atomic E-state index is 11.9. The monoisotopic (exact) mass is 384 g/mol. The van der Waals surface area contributed by atoms with E-state index in [-0.39, 0.29) is 30.2 Å². The molecule has 148 valence electrons. The quantitative estimate of drug-likeness (QED) is 0.364. The van der Waals surface area contributed by atoms with Gasteiger partial charge in [0.15, 0.2) is 11.6 Å². The molecule has 0 fully saturated rings. The van der Waals surface area contributed by atoms with Crippen LogP contribution in [0.1, 0.15) is 20.3 Å². The SMILES string of the molecule is CNCC(=O)Nc1ccc(/N=N/c2ccccc2OC(=O)CC(C)C)c(N)n1. The number of anilines is 2.